The third-order valence-corrected chi connectivity index (χ3v) is 22.0. The van der Waals surface area contributed by atoms with Crippen LogP contribution in [0.5, 0.6) is 0 Å². The molecule has 0 unspecified atom stereocenters. The first-order valence-electron chi connectivity index (χ1n) is 35.2. The molecule has 0 amide bonds. The van der Waals surface area contributed by atoms with Crippen LogP contribution in [0.25, 0.3) is 131 Å². The lowest BCUT2D eigenvalue weighted by molar-refractivity contribution is 0.660. The van der Waals surface area contributed by atoms with Crippen LogP contribution in [0.3, 0.4) is 0 Å². The van der Waals surface area contributed by atoms with Gasteiger partial charge >= 0.3 is 0 Å². The van der Waals surface area contributed by atoms with Crippen molar-refractivity contribution in [2.24, 2.45) is 0 Å². The fourth-order valence-electron chi connectivity index (χ4n) is 15.4. The summed E-state index contributed by atoms with van der Waals surface area (Å²) in [5.74, 6) is 0. The summed E-state index contributed by atoms with van der Waals surface area (Å²) in [4.78, 5) is 4.84. The SMILES string of the molecule is CC1(C)c2ccccc2-c2ccc(N(c3ccc(-c4ccccc4)cc3)c3ccc(-c4cccc5c4sc4ccccc45)c(-c4ccc(-c5ccc(-c6ccc(N(c7ccc(-c8ccc(-c9ccccc9)cc8)cc7)c7ccc(-c8ccccc8)c(-c8ccccc8)c7)cc6)cc5)cc4)c3)cc21. The van der Waals surface area contributed by atoms with Crippen LogP contribution in [0.2, 0.25) is 0 Å². The monoisotopic (exact) mass is 1320 g/mol. The minimum atomic E-state index is -0.167. The van der Waals surface area contributed by atoms with E-state index in [1.807, 2.05) is 11.3 Å². The van der Waals surface area contributed by atoms with Crippen molar-refractivity contribution in [3.8, 4) is 111 Å². The lowest BCUT2D eigenvalue weighted by Gasteiger charge is -2.29. The van der Waals surface area contributed by atoms with Crippen molar-refractivity contribution < 1.29 is 0 Å². The fraction of sp³-hybridized carbons (Fsp3) is 0.0303. The molecule has 0 fully saturated rings. The third-order valence-electron chi connectivity index (χ3n) is 20.8. The molecule has 0 saturated carbocycles. The Kier molecular flexibility index (Phi) is 15.8. The molecule has 17 aromatic rings. The highest BCUT2D eigenvalue weighted by Crippen LogP contribution is 2.52. The van der Waals surface area contributed by atoms with Crippen LogP contribution in [0.1, 0.15) is 25.0 Å². The predicted molar refractivity (Wildman–Crippen MR) is 435 cm³/mol. The zero-order valence-electron chi connectivity index (χ0n) is 56.8. The first kappa shape index (κ1) is 61.7. The summed E-state index contributed by atoms with van der Waals surface area (Å²) < 4.78 is 2.59. The van der Waals surface area contributed by atoms with E-state index in [-0.39, 0.29) is 5.41 Å². The van der Waals surface area contributed by atoms with Gasteiger partial charge in [-0.05, 0) is 196 Å². The van der Waals surface area contributed by atoms with Crippen LogP contribution in [0.15, 0.2) is 388 Å². The van der Waals surface area contributed by atoms with Gasteiger partial charge in [0.2, 0.25) is 0 Å². The topological polar surface area (TPSA) is 6.48 Å². The number of rotatable bonds is 15. The van der Waals surface area contributed by atoms with Crippen LogP contribution in [0.4, 0.5) is 34.1 Å². The van der Waals surface area contributed by atoms with Gasteiger partial charge in [0.1, 0.15) is 0 Å². The first-order valence-corrected chi connectivity index (χ1v) is 36.0. The second-order valence-corrected chi connectivity index (χ2v) is 28.2. The largest absolute Gasteiger partial charge is 0.310 e. The summed E-state index contributed by atoms with van der Waals surface area (Å²) in [6.07, 6.45) is 0. The number of hydrogen-bond donors (Lipinski definition) is 0. The van der Waals surface area contributed by atoms with E-state index in [0.717, 1.165) is 61.9 Å². The van der Waals surface area contributed by atoms with Crippen molar-refractivity contribution in [2.75, 3.05) is 9.80 Å². The van der Waals surface area contributed by atoms with Crippen molar-refractivity contribution in [1.29, 1.82) is 0 Å². The van der Waals surface area contributed by atoms with Gasteiger partial charge in [-0.15, -0.1) is 11.3 Å². The average molecular weight is 1320 g/mol. The highest BCUT2D eigenvalue weighted by atomic mass is 32.1. The Bertz CT molecular complexity index is 5890. The van der Waals surface area contributed by atoms with E-state index < -0.39 is 0 Å². The van der Waals surface area contributed by atoms with Gasteiger partial charge in [-0.2, -0.15) is 0 Å². The standard InChI is InChI=1S/C99H70N2S/c1-99(2)95-32-17-15-28-88(95)89-63-60-85(66-96(89)99)101(82-56-46-74(47-57-82)68-22-9-4-10-23-68)84-59-62-87(91-30-19-31-92-90-29-16-18-33-97(90)102-98(91)92)94(65-84)79-44-42-73(43-45-79)70-38-40-72(41-39-70)76-50-54-81(55-51-76)100(80-52-48-75(49-53-80)71-36-34-69(35-37-71)67-20-7-3-8-21-67)83-58-61-86(77-24-11-5-12-25-77)93(64-83)78-26-13-6-14-27-78/h3-66H,1-2H3. The van der Waals surface area contributed by atoms with Gasteiger partial charge in [0.15, 0.2) is 0 Å². The van der Waals surface area contributed by atoms with E-state index >= 15 is 0 Å². The van der Waals surface area contributed by atoms with Crippen LogP contribution in [0, 0.1) is 0 Å². The van der Waals surface area contributed by atoms with E-state index in [0.29, 0.717) is 0 Å². The lowest BCUT2D eigenvalue weighted by atomic mass is 9.82. The minimum absolute atomic E-state index is 0.167. The van der Waals surface area contributed by atoms with E-state index in [1.54, 1.807) is 0 Å². The van der Waals surface area contributed by atoms with Crippen molar-refractivity contribution in [2.45, 2.75) is 19.3 Å². The molecule has 0 atom stereocenters. The number of fused-ring (bicyclic) bond motifs is 6. The number of nitrogens with zero attached hydrogens (tertiary/aromatic N) is 2. The summed E-state index contributed by atoms with van der Waals surface area (Å²) in [5.41, 5.74) is 32.9. The number of thiophene rings is 1. The van der Waals surface area contributed by atoms with E-state index in [1.165, 1.54) is 115 Å². The molecule has 18 rings (SSSR count). The fourth-order valence-corrected chi connectivity index (χ4v) is 16.7. The number of hydrogen-bond acceptors (Lipinski definition) is 3. The Balaban J connectivity index is 0.689. The van der Waals surface area contributed by atoms with Gasteiger partial charge in [-0.3, -0.25) is 0 Å². The normalized spacial score (nSPS) is 12.1. The molecule has 102 heavy (non-hydrogen) atoms. The Morgan fingerprint density at radius 1 is 0.196 bits per heavy atom. The zero-order valence-corrected chi connectivity index (χ0v) is 57.6. The molecule has 0 spiro atoms. The summed E-state index contributed by atoms with van der Waals surface area (Å²) in [5, 5.41) is 2.58. The first-order chi connectivity index (χ1) is 50.3. The zero-order chi connectivity index (χ0) is 68.1. The van der Waals surface area contributed by atoms with Gasteiger partial charge in [0.25, 0.3) is 0 Å². The van der Waals surface area contributed by atoms with E-state index in [9.17, 15) is 0 Å². The highest BCUT2D eigenvalue weighted by Gasteiger charge is 2.36. The number of anilines is 6. The molecule has 3 heteroatoms. The van der Waals surface area contributed by atoms with Gasteiger partial charge < -0.3 is 9.80 Å². The lowest BCUT2D eigenvalue weighted by Crippen LogP contribution is -2.16. The van der Waals surface area contributed by atoms with Crippen LogP contribution in [-0.4, -0.2) is 0 Å². The van der Waals surface area contributed by atoms with Crippen LogP contribution in [-0.2, 0) is 5.41 Å². The van der Waals surface area contributed by atoms with Crippen molar-refractivity contribution in [3.05, 3.63) is 399 Å². The molecule has 0 N–H and O–H groups in total. The van der Waals surface area contributed by atoms with Crippen molar-refractivity contribution in [3.63, 3.8) is 0 Å². The number of benzene rings is 16. The van der Waals surface area contributed by atoms with E-state index in [2.05, 4.69) is 412 Å². The van der Waals surface area contributed by atoms with Crippen molar-refractivity contribution in [1.82, 2.24) is 0 Å². The summed E-state index contributed by atoms with van der Waals surface area (Å²) in [7, 11) is 0. The molecule has 2 nitrogen and oxygen atoms in total. The maximum absolute atomic E-state index is 2.46. The Morgan fingerprint density at radius 3 is 0.990 bits per heavy atom. The third kappa shape index (κ3) is 11.5. The molecule has 1 aliphatic rings. The quantitative estimate of drug-likeness (QED) is 0.101. The molecule has 16 aromatic carbocycles. The predicted octanol–water partition coefficient (Wildman–Crippen LogP) is 28.3. The Labute approximate surface area is 601 Å². The average Bonchev–Trinajstić information content (AvgIpc) is 1.54. The van der Waals surface area contributed by atoms with Crippen molar-refractivity contribution >= 4 is 65.6 Å². The molecule has 1 aromatic heterocycles. The minimum Gasteiger partial charge on any atom is -0.310 e. The molecule has 1 heterocycles. The molecule has 0 radical (unpaired) electrons. The molecule has 482 valence electrons. The maximum Gasteiger partial charge on any atom is 0.0468 e. The Morgan fingerprint density at radius 2 is 0.500 bits per heavy atom. The van der Waals surface area contributed by atoms with Gasteiger partial charge in [0.05, 0.1) is 0 Å². The summed E-state index contributed by atoms with van der Waals surface area (Å²) in [6.45, 7) is 4.74. The molecule has 0 aliphatic heterocycles. The summed E-state index contributed by atoms with van der Waals surface area (Å²) in [6, 6.07) is 143. The van der Waals surface area contributed by atoms with E-state index in [4.69, 9.17) is 0 Å². The maximum atomic E-state index is 2.46. The molecular formula is C99H70N2S. The highest BCUT2D eigenvalue weighted by molar-refractivity contribution is 7.26. The molecule has 0 bridgehead atoms. The smallest absolute Gasteiger partial charge is 0.0468 e. The summed E-state index contributed by atoms with van der Waals surface area (Å²) >= 11 is 1.88. The van der Waals surface area contributed by atoms with Gasteiger partial charge in [0, 0.05) is 65.3 Å². The second kappa shape index (κ2) is 26.2. The van der Waals surface area contributed by atoms with Gasteiger partial charge in [-0.25, -0.2) is 0 Å². The second-order valence-electron chi connectivity index (χ2n) is 27.1. The molecule has 1 aliphatic carbocycles. The van der Waals surface area contributed by atoms with Crippen LogP contribution >= 0.6 is 11.3 Å². The molecule has 0 saturated heterocycles. The molecular weight excluding hydrogens is 1250 g/mol. The van der Waals surface area contributed by atoms with Gasteiger partial charge in [-0.1, -0.05) is 323 Å². The Hall–Kier alpha value is -12.7. The van der Waals surface area contributed by atoms with Crippen LogP contribution < -0.4 is 9.80 Å².